The number of benzene rings is 1. The van der Waals surface area contributed by atoms with E-state index in [0.29, 0.717) is 17.4 Å². The Kier molecular flexibility index (Phi) is 4.91. The molecule has 1 aliphatic heterocycles. The fourth-order valence-electron chi connectivity index (χ4n) is 4.44. The molecule has 0 bridgehead atoms. The van der Waals surface area contributed by atoms with Crippen molar-refractivity contribution in [3.8, 4) is 0 Å². The maximum absolute atomic E-state index is 12.7. The van der Waals surface area contributed by atoms with Gasteiger partial charge in [-0.1, -0.05) is 49.6 Å². The van der Waals surface area contributed by atoms with Gasteiger partial charge in [-0.05, 0) is 30.4 Å². The van der Waals surface area contributed by atoms with Crippen LogP contribution in [0, 0.1) is 0 Å². The van der Waals surface area contributed by atoms with Gasteiger partial charge in [0.05, 0.1) is 0 Å². The van der Waals surface area contributed by atoms with Crippen molar-refractivity contribution in [3.05, 3.63) is 56.8 Å². The van der Waals surface area contributed by atoms with Crippen LogP contribution in [0.3, 0.4) is 0 Å². The van der Waals surface area contributed by atoms with Gasteiger partial charge in [-0.2, -0.15) is 4.98 Å². The maximum Gasteiger partial charge on any atom is 0.349 e. The standard InChI is InChI=1S/C22H25N3O2S/c26-21-19-17-11-12-25(13-15-7-3-1-4-8-15)14-18(17)28-20(19)24-22(27-21)23-16-9-5-2-6-10-16/h1,3-4,7-8,16H,2,5-6,9-14H2,(H,23,24). The normalized spacial score (nSPS) is 18.3. The predicted octanol–water partition coefficient (Wildman–Crippen LogP) is 4.55. The maximum atomic E-state index is 12.7. The summed E-state index contributed by atoms with van der Waals surface area (Å²) in [6.45, 7) is 2.76. The van der Waals surface area contributed by atoms with Crippen molar-refractivity contribution in [2.75, 3.05) is 11.9 Å². The molecule has 1 aromatic carbocycles. The SMILES string of the molecule is O=c1oc(NC2CCCCC2)nc2sc3c(c12)CCN(Cc1ccccc1)C3. The van der Waals surface area contributed by atoms with E-state index in [9.17, 15) is 4.79 Å². The molecule has 0 unspecified atom stereocenters. The first-order chi connectivity index (χ1) is 13.8. The van der Waals surface area contributed by atoms with Crippen LogP contribution in [-0.2, 0) is 19.5 Å². The van der Waals surface area contributed by atoms with Crippen LogP contribution in [-0.4, -0.2) is 22.5 Å². The van der Waals surface area contributed by atoms with Crippen LogP contribution in [0.1, 0.15) is 48.1 Å². The lowest BCUT2D eigenvalue weighted by Gasteiger charge is -2.26. The molecule has 1 fully saturated rings. The number of aromatic nitrogens is 1. The van der Waals surface area contributed by atoms with Crippen LogP contribution < -0.4 is 10.9 Å². The highest BCUT2D eigenvalue weighted by Crippen LogP contribution is 2.34. The molecule has 0 amide bonds. The second-order valence-electron chi connectivity index (χ2n) is 7.92. The zero-order valence-corrected chi connectivity index (χ0v) is 16.8. The summed E-state index contributed by atoms with van der Waals surface area (Å²) in [6.07, 6.45) is 6.89. The van der Waals surface area contributed by atoms with Crippen molar-refractivity contribution in [1.29, 1.82) is 0 Å². The van der Waals surface area contributed by atoms with Crippen molar-refractivity contribution in [3.63, 3.8) is 0 Å². The van der Waals surface area contributed by atoms with E-state index in [4.69, 9.17) is 4.42 Å². The number of nitrogens with one attached hydrogen (secondary N) is 1. The summed E-state index contributed by atoms with van der Waals surface area (Å²) in [7, 11) is 0. The van der Waals surface area contributed by atoms with Crippen LogP contribution in [0.2, 0.25) is 0 Å². The lowest BCUT2D eigenvalue weighted by molar-refractivity contribution is 0.249. The monoisotopic (exact) mass is 395 g/mol. The van der Waals surface area contributed by atoms with Crippen molar-refractivity contribution < 1.29 is 4.42 Å². The average molecular weight is 396 g/mol. The van der Waals surface area contributed by atoms with E-state index in [1.807, 2.05) is 6.07 Å². The molecule has 6 heteroatoms. The highest BCUT2D eigenvalue weighted by atomic mass is 32.1. The molecule has 2 aliphatic rings. The van der Waals surface area contributed by atoms with Gasteiger partial charge in [-0.15, -0.1) is 11.3 Å². The molecular formula is C22H25N3O2S. The first-order valence-corrected chi connectivity index (χ1v) is 11.1. The smallest absolute Gasteiger partial charge is 0.349 e. The Morgan fingerprint density at radius 2 is 2.00 bits per heavy atom. The number of rotatable bonds is 4. The van der Waals surface area contributed by atoms with Gasteiger partial charge >= 0.3 is 5.63 Å². The number of hydrogen-bond acceptors (Lipinski definition) is 6. The molecular weight excluding hydrogens is 370 g/mol. The van der Waals surface area contributed by atoms with Crippen LogP contribution >= 0.6 is 11.3 Å². The van der Waals surface area contributed by atoms with E-state index in [1.165, 1.54) is 29.7 Å². The Bertz CT molecular complexity index is 1020. The molecule has 0 atom stereocenters. The van der Waals surface area contributed by atoms with Crippen LogP contribution in [0.15, 0.2) is 39.5 Å². The van der Waals surface area contributed by atoms with E-state index < -0.39 is 0 Å². The van der Waals surface area contributed by atoms with Crippen molar-refractivity contribution in [2.24, 2.45) is 0 Å². The van der Waals surface area contributed by atoms with E-state index >= 15 is 0 Å². The first kappa shape index (κ1) is 17.9. The quantitative estimate of drug-likeness (QED) is 0.702. The van der Waals surface area contributed by atoms with Gasteiger partial charge in [0.2, 0.25) is 0 Å². The molecule has 2 aromatic heterocycles. The summed E-state index contributed by atoms with van der Waals surface area (Å²) >= 11 is 1.65. The van der Waals surface area contributed by atoms with Crippen LogP contribution in [0.25, 0.3) is 10.2 Å². The second kappa shape index (κ2) is 7.68. The minimum atomic E-state index is -0.239. The Balaban J connectivity index is 1.39. The van der Waals surface area contributed by atoms with Gasteiger partial charge in [-0.3, -0.25) is 4.90 Å². The Morgan fingerprint density at radius 3 is 2.82 bits per heavy atom. The van der Waals surface area contributed by atoms with E-state index in [1.54, 1.807) is 11.3 Å². The second-order valence-corrected chi connectivity index (χ2v) is 9.00. The van der Waals surface area contributed by atoms with Gasteiger partial charge < -0.3 is 9.73 Å². The first-order valence-electron chi connectivity index (χ1n) is 10.2. The molecule has 3 aromatic rings. The fraction of sp³-hybridized carbons (Fsp3) is 0.455. The van der Waals surface area contributed by atoms with E-state index in [0.717, 1.165) is 49.3 Å². The van der Waals surface area contributed by atoms with Gasteiger partial charge in [0.25, 0.3) is 6.01 Å². The molecule has 0 spiro atoms. The Morgan fingerprint density at radius 1 is 1.18 bits per heavy atom. The molecule has 0 saturated heterocycles. The molecule has 1 aliphatic carbocycles. The van der Waals surface area contributed by atoms with E-state index in [2.05, 4.69) is 39.5 Å². The van der Waals surface area contributed by atoms with E-state index in [-0.39, 0.29) is 5.63 Å². The van der Waals surface area contributed by atoms with Crippen molar-refractivity contribution in [1.82, 2.24) is 9.88 Å². The summed E-state index contributed by atoms with van der Waals surface area (Å²) in [4.78, 5) is 21.9. The molecule has 28 heavy (non-hydrogen) atoms. The average Bonchev–Trinajstić information content (AvgIpc) is 3.07. The Labute approximate surface area is 168 Å². The minimum Gasteiger partial charge on any atom is -0.389 e. The highest BCUT2D eigenvalue weighted by molar-refractivity contribution is 7.18. The molecule has 3 heterocycles. The molecule has 5 rings (SSSR count). The number of anilines is 1. The van der Waals surface area contributed by atoms with Gasteiger partial charge in [-0.25, -0.2) is 4.79 Å². The predicted molar refractivity (Wildman–Crippen MR) is 113 cm³/mol. The zero-order chi connectivity index (χ0) is 18.9. The molecule has 1 saturated carbocycles. The molecule has 5 nitrogen and oxygen atoms in total. The summed E-state index contributed by atoms with van der Waals surface area (Å²) in [5, 5.41) is 4.06. The Hall–Kier alpha value is -2.18. The molecule has 146 valence electrons. The summed E-state index contributed by atoms with van der Waals surface area (Å²) in [5.41, 5.74) is 2.23. The van der Waals surface area contributed by atoms with Crippen LogP contribution in [0.5, 0.6) is 0 Å². The van der Waals surface area contributed by atoms with Crippen LogP contribution in [0.4, 0.5) is 6.01 Å². The third-order valence-corrected chi connectivity index (χ3v) is 7.01. The lowest BCUT2D eigenvalue weighted by atomic mass is 9.96. The number of fused-ring (bicyclic) bond motifs is 3. The number of nitrogens with zero attached hydrogens (tertiary/aromatic N) is 2. The van der Waals surface area contributed by atoms with Gasteiger partial charge in [0.1, 0.15) is 10.2 Å². The summed E-state index contributed by atoms with van der Waals surface area (Å²) in [5.74, 6) is 0. The number of hydrogen-bond donors (Lipinski definition) is 1. The topological polar surface area (TPSA) is 58.4 Å². The number of thiophene rings is 1. The van der Waals surface area contributed by atoms with Gasteiger partial charge in [0, 0.05) is 30.6 Å². The van der Waals surface area contributed by atoms with Crippen molar-refractivity contribution >= 4 is 27.6 Å². The summed E-state index contributed by atoms with van der Waals surface area (Å²) < 4.78 is 5.56. The minimum absolute atomic E-state index is 0.239. The lowest BCUT2D eigenvalue weighted by Crippen LogP contribution is -2.29. The molecule has 1 N–H and O–H groups in total. The van der Waals surface area contributed by atoms with Gasteiger partial charge in [0.15, 0.2) is 0 Å². The fourth-order valence-corrected chi connectivity index (χ4v) is 5.69. The highest BCUT2D eigenvalue weighted by Gasteiger charge is 2.25. The third kappa shape index (κ3) is 3.59. The third-order valence-electron chi connectivity index (χ3n) is 5.90. The molecule has 0 radical (unpaired) electrons. The largest absolute Gasteiger partial charge is 0.389 e. The zero-order valence-electron chi connectivity index (χ0n) is 15.9. The van der Waals surface area contributed by atoms with Crippen molar-refractivity contribution in [2.45, 2.75) is 57.7 Å². The summed E-state index contributed by atoms with van der Waals surface area (Å²) in [6, 6.07) is 11.3.